The van der Waals surface area contributed by atoms with Gasteiger partial charge in [0.05, 0.1) is 11.6 Å². The Morgan fingerprint density at radius 1 is 1.40 bits per heavy atom. The van der Waals surface area contributed by atoms with Crippen LogP contribution in [0.1, 0.15) is 29.3 Å². The van der Waals surface area contributed by atoms with E-state index >= 15 is 0 Å². The van der Waals surface area contributed by atoms with Crippen molar-refractivity contribution in [2.24, 2.45) is 5.92 Å². The summed E-state index contributed by atoms with van der Waals surface area (Å²) in [6, 6.07) is 4.89. The lowest BCUT2D eigenvalue weighted by Gasteiger charge is -2.24. The topological polar surface area (TPSA) is 69.6 Å². The van der Waals surface area contributed by atoms with Crippen LogP contribution in [0.5, 0.6) is 0 Å². The van der Waals surface area contributed by atoms with Crippen molar-refractivity contribution in [2.75, 3.05) is 18.0 Å². The lowest BCUT2D eigenvalue weighted by molar-refractivity contribution is -0.120. The van der Waals surface area contributed by atoms with Gasteiger partial charge in [-0.25, -0.2) is 4.79 Å². The summed E-state index contributed by atoms with van der Waals surface area (Å²) in [5.74, 6) is -0.565. The first-order valence-corrected chi connectivity index (χ1v) is 6.99. The molecule has 0 aromatic heterocycles. The second-order valence-corrected chi connectivity index (χ2v) is 5.59. The first-order valence-electron chi connectivity index (χ1n) is 6.99. The molecule has 1 fully saturated rings. The molecule has 2 unspecified atom stereocenters. The number of fused-ring (bicyclic) bond motifs is 1. The van der Waals surface area contributed by atoms with E-state index in [1.807, 2.05) is 6.07 Å². The van der Waals surface area contributed by atoms with Crippen LogP contribution in [-0.2, 0) is 11.2 Å². The van der Waals surface area contributed by atoms with Crippen LogP contribution in [0.2, 0.25) is 0 Å². The normalized spacial score (nSPS) is 24.8. The molecule has 3 rings (SSSR count). The molecule has 106 valence electrons. The number of carboxylic acids is 1. The van der Waals surface area contributed by atoms with Crippen LogP contribution in [0.15, 0.2) is 18.2 Å². The Morgan fingerprint density at radius 2 is 2.20 bits per heavy atom. The summed E-state index contributed by atoms with van der Waals surface area (Å²) in [5, 5.41) is 12.3. The predicted molar refractivity (Wildman–Crippen MR) is 75.0 cm³/mol. The Balaban J connectivity index is 1.90. The maximum Gasteiger partial charge on any atom is 0.335 e. The lowest BCUT2D eigenvalue weighted by Crippen LogP contribution is -2.45. The molecular formula is C15H18N2O3. The van der Waals surface area contributed by atoms with E-state index in [1.54, 1.807) is 17.0 Å². The molecule has 2 aliphatic heterocycles. The van der Waals surface area contributed by atoms with Gasteiger partial charge in [-0.15, -0.1) is 0 Å². The summed E-state index contributed by atoms with van der Waals surface area (Å²) in [4.78, 5) is 25.4. The van der Waals surface area contributed by atoms with Gasteiger partial charge >= 0.3 is 5.97 Å². The molecule has 0 saturated carbocycles. The number of hydrogen-bond acceptors (Lipinski definition) is 3. The number of aromatic carboxylic acids is 1. The van der Waals surface area contributed by atoms with Crippen molar-refractivity contribution in [3.8, 4) is 0 Å². The quantitative estimate of drug-likeness (QED) is 0.852. The van der Waals surface area contributed by atoms with Crippen LogP contribution in [0, 0.1) is 5.92 Å². The lowest BCUT2D eigenvalue weighted by atomic mass is 10.0. The van der Waals surface area contributed by atoms with Gasteiger partial charge in [-0.1, -0.05) is 13.0 Å². The molecule has 2 heterocycles. The Morgan fingerprint density at radius 3 is 2.85 bits per heavy atom. The van der Waals surface area contributed by atoms with E-state index < -0.39 is 5.97 Å². The van der Waals surface area contributed by atoms with Gasteiger partial charge in [0.1, 0.15) is 0 Å². The zero-order valence-electron chi connectivity index (χ0n) is 11.4. The maximum absolute atomic E-state index is 12.6. The van der Waals surface area contributed by atoms with Crippen molar-refractivity contribution in [3.05, 3.63) is 29.3 Å². The molecule has 0 bridgehead atoms. The van der Waals surface area contributed by atoms with Crippen molar-refractivity contribution in [1.29, 1.82) is 0 Å². The highest BCUT2D eigenvalue weighted by Crippen LogP contribution is 2.31. The van der Waals surface area contributed by atoms with Gasteiger partial charge in [0.2, 0.25) is 5.91 Å². The fourth-order valence-electron chi connectivity index (χ4n) is 3.07. The smallest absolute Gasteiger partial charge is 0.335 e. The number of rotatable bonds is 2. The summed E-state index contributed by atoms with van der Waals surface area (Å²) >= 11 is 0. The average Bonchev–Trinajstić information content (AvgIpc) is 3.03. The number of carboxylic acid groups (broad SMARTS) is 1. The molecule has 0 spiro atoms. The molecule has 0 radical (unpaired) electrons. The molecule has 1 aromatic carbocycles. The van der Waals surface area contributed by atoms with E-state index in [0.29, 0.717) is 12.5 Å². The second kappa shape index (κ2) is 4.90. The van der Waals surface area contributed by atoms with Crippen molar-refractivity contribution < 1.29 is 14.7 Å². The molecule has 1 amide bonds. The van der Waals surface area contributed by atoms with Gasteiger partial charge in [-0.05, 0) is 43.0 Å². The largest absolute Gasteiger partial charge is 0.478 e. The molecule has 0 aliphatic carbocycles. The monoisotopic (exact) mass is 274 g/mol. The average molecular weight is 274 g/mol. The first-order chi connectivity index (χ1) is 9.58. The molecule has 5 heteroatoms. The van der Waals surface area contributed by atoms with Crippen LogP contribution < -0.4 is 10.2 Å². The Labute approximate surface area is 117 Å². The van der Waals surface area contributed by atoms with E-state index in [1.165, 1.54) is 0 Å². The fraction of sp³-hybridized carbons (Fsp3) is 0.467. The number of hydrogen-bond donors (Lipinski definition) is 2. The minimum absolute atomic E-state index is 0.0660. The first kappa shape index (κ1) is 13.1. The SMILES string of the molecule is CC1CCNC1C(=O)N1CCc2ccc(C(=O)O)cc21. The molecule has 2 N–H and O–H groups in total. The van der Waals surface area contributed by atoms with Crippen molar-refractivity contribution >= 4 is 17.6 Å². The number of carbonyl (C=O) groups excluding carboxylic acids is 1. The third kappa shape index (κ3) is 2.08. The molecule has 2 atom stereocenters. The third-order valence-corrected chi connectivity index (χ3v) is 4.29. The Kier molecular flexibility index (Phi) is 3.22. The number of amides is 1. The molecular weight excluding hydrogens is 256 g/mol. The maximum atomic E-state index is 12.6. The summed E-state index contributed by atoms with van der Waals surface area (Å²) in [6.45, 7) is 3.59. The standard InChI is InChI=1S/C15H18N2O3/c1-9-4-6-16-13(9)14(18)17-7-5-10-2-3-11(15(19)20)8-12(10)17/h2-3,8-9,13,16H,4-7H2,1H3,(H,19,20). The summed E-state index contributed by atoms with van der Waals surface area (Å²) in [6.07, 6.45) is 1.80. The molecule has 2 aliphatic rings. The number of benzene rings is 1. The van der Waals surface area contributed by atoms with Gasteiger partial charge < -0.3 is 15.3 Å². The second-order valence-electron chi connectivity index (χ2n) is 5.59. The van der Waals surface area contributed by atoms with Gasteiger partial charge in [-0.2, -0.15) is 0 Å². The molecule has 20 heavy (non-hydrogen) atoms. The predicted octanol–water partition coefficient (Wildman–Crippen LogP) is 1.27. The minimum atomic E-state index is -0.959. The van der Waals surface area contributed by atoms with Crippen molar-refractivity contribution in [1.82, 2.24) is 5.32 Å². The highest BCUT2D eigenvalue weighted by molar-refractivity contribution is 6.00. The Hall–Kier alpha value is -1.88. The number of anilines is 1. The highest BCUT2D eigenvalue weighted by atomic mass is 16.4. The Bertz CT molecular complexity index is 570. The zero-order valence-corrected chi connectivity index (χ0v) is 11.4. The van der Waals surface area contributed by atoms with E-state index in [2.05, 4.69) is 12.2 Å². The third-order valence-electron chi connectivity index (χ3n) is 4.29. The van der Waals surface area contributed by atoms with Crippen LogP contribution >= 0.6 is 0 Å². The summed E-state index contributed by atoms with van der Waals surface area (Å²) in [5.41, 5.74) is 2.04. The number of nitrogens with zero attached hydrogens (tertiary/aromatic N) is 1. The van der Waals surface area contributed by atoms with Gasteiger partial charge in [-0.3, -0.25) is 4.79 Å². The summed E-state index contributed by atoms with van der Waals surface area (Å²) in [7, 11) is 0. The van der Waals surface area contributed by atoms with Crippen LogP contribution in [0.4, 0.5) is 5.69 Å². The number of nitrogens with one attached hydrogen (secondary N) is 1. The van der Waals surface area contributed by atoms with Crippen LogP contribution in [-0.4, -0.2) is 36.1 Å². The van der Waals surface area contributed by atoms with Gasteiger partial charge in [0.15, 0.2) is 0 Å². The molecule has 1 aromatic rings. The van der Waals surface area contributed by atoms with Crippen molar-refractivity contribution in [2.45, 2.75) is 25.8 Å². The van der Waals surface area contributed by atoms with Crippen molar-refractivity contribution in [3.63, 3.8) is 0 Å². The molecule has 5 nitrogen and oxygen atoms in total. The van der Waals surface area contributed by atoms with E-state index in [9.17, 15) is 9.59 Å². The highest BCUT2D eigenvalue weighted by Gasteiger charge is 2.35. The van der Waals surface area contributed by atoms with Crippen LogP contribution in [0.25, 0.3) is 0 Å². The minimum Gasteiger partial charge on any atom is -0.478 e. The van der Waals surface area contributed by atoms with Gasteiger partial charge in [0, 0.05) is 12.2 Å². The van der Waals surface area contributed by atoms with E-state index in [-0.39, 0.29) is 17.5 Å². The van der Waals surface area contributed by atoms with E-state index in [4.69, 9.17) is 5.11 Å². The number of carbonyl (C=O) groups is 2. The fourth-order valence-corrected chi connectivity index (χ4v) is 3.07. The zero-order chi connectivity index (χ0) is 14.3. The van der Waals surface area contributed by atoms with E-state index in [0.717, 1.165) is 30.6 Å². The van der Waals surface area contributed by atoms with Crippen LogP contribution in [0.3, 0.4) is 0 Å². The summed E-state index contributed by atoms with van der Waals surface area (Å²) < 4.78 is 0. The van der Waals surface area contributed by atoms with Gasteiger partial charge in [0.25, 0.3) is 0 Å². The molecule has 1 saturated heterocycles.